The number of hydrogen-bond donors (Lipinski definition) is 3. The molecule has 1 fully saturated rings. The van der Waals surface area contributed by atoms with Gasteiger partial charge in [-0.3, -0.25) is 8.98 Å². The second-order valence-corrected chi connectivity index (χ2v) is 11.2. The Morgan fingerprint density at radius 1 is 1.29 bits per heavy atom. The van der Waals surface area contributed by atoms with Crippen LogP contribution in [-0.2, 0) is 14.5 Å². The molecule has 3 N–H and O–H groups in total. The normalized spacial score (nSPS) is 21.1. The number of nitrogens with zero attached hydrogens (tertiary/aromatic N) is 2. The molecular weight excluding hydrogens is 512 g/mol. The number of aromatic nitrogens is 2. The first-order chi connectivity index (χ1) is 16.7. The molecule has 4 rings (SSSR count). The predicted octanol–water partition coefficient (Wildman–Crippen LogP) is 3.36. The SMILES string of the molecule is CNS(=O)(=O)O[C@@H]1C[C@H](Nc2ncncc2C(=O)c2cc([C@H](C)c3cccc(Cl)c3)cs2)C[C@@H]1O. The van der Waals surface area contributed by atoms with Gasteiger partial charge in [0.1, 0.15) is 18.2 Å². The molecule has 1 aromatic carbocycles. The third-order valence-electron chi connectivity index (χ3n) is 5.96. The fourth-order valence-corrected chi connectivity index (χ4v) is 5.79. The van der Waals surface area contributed by atoms with Crippen LogP contribution in [0.15, 0.2) is 48.2 Å². The van der Waals surface area contributed by atoms with Crippen LogP contribution in [-0.4, -0.2) is 54.6 Å². The van der Waals surface area contributed by atoms with E-state index in [1.807, 2.05) is 35.7 Å². The van der Waals surface area contributed by atoms with Gasteiger partial charge in [0.05, 0.1) is 16.5 Å². The number of halogens is 1. The number of anilines is 1. The molecule has 0 bridgehead atoms. The van der Waals surface area contributed by atoms with Gasteiger partial charge in [-0.25, -0.2) is 9.97 Å². The number of thiophene rings is 1. The van der Waals surface area contributed by atoms with Gasteiger partial charge in [-0.05, 0) is 47.5 Å². The van der Waals surface area contributed by atoms with Gasteiger partial charge in [0.2, 0.25) is 5.78 Å². The molecular formula is C23H25ClN4O5S2. The minimum Gasteiger partial charge on any atom is -0.390 e. The van der Waals surface area contributed by atoms with Gasteiger partial charge in [-0.1, -0.05) is 30.7 Å². The van der Waals surface area contributed by atoms with Gasteiger partial charge in [-0.15, -0.1) is 11.3 Å². The number of rotatable bonds is 9. The zero-order valence-corrected chi connectivity index (χ0v) is 21.4. The van der Waals surface area contributed by atoms with Gasteiger partial charge >= 0.3 is 10.3 Å². The van der Waals surface area contributed by atoms with Crippen molar-refractivity contribution in [3.8, 4) is 0 Å². The van der Waals surface area contributed by atoms with Gasteiger partial charge in [0, 0.05) is 30.2 Å². The van der Waals surface area contributed by atoms with Crippen molar-refractivity contribution in [3.63, 3.8) is 0 Å². The van der Waals surface area contributed by atoms with E-state index in [0.29, 0.717) is 15.7 Å². The Kier molecular flexibility index (Phi) is 7.84. The van der Waals surface area contributed by atoms with Crippen LogP contribution in [0.4, 0.5) is 5.82 Å². The second kappa shape index (κ2) is 10.7. The lowest BCUT2D eigenvalue weighted by Crippen LogP contribution is -2.31. The van der Waals surface area contributed by atoms with E-state index < -0.39 is 22.5 Å². The van der Waals surface area contributed by atoms with Gasteiger partial charge in [0.15, 0.2) is 0 Å². The molecule has 1 aliphatic carbocycles. The lowest BCUT2D eigenvalue weighted by molar-refractivity contribution is 0.0636. The fourth-order valence-electron chi connectivity index (χ4n) is 4.01. The molecule has 0 aliphatic heterocycles. The van der Waals surface area contributed by atoms with Crippen molar-refractivity contribution in [2.75, 3.05) is 12.4 Å². The lowest BCUT2D eigenvalue weighted by atomic mass is 9.95. The Hall–Kier alpha value is -2.41. The van der Waals surface area contributed by atoms with E-state index in [0.717, 1.165) is 11.1 Å². The standard InChI is InChI=1S/C23H25ClN4O5S2/c1-13(14-4-3-5-16(24)6-14)15-7-21(34-11-15)22(30)18-10-26-12-27-23(18)28-17-8-19(29)20(9-17)33-35(31,32)25-2/h3-7,10-13,17,19-20,25,29H,8-9H2,1-2H3,(H,26,27,28)/t13-,17-,19+,20-/m1/s1. The first kappa shape index (κ1) is 25.7. The molecule has 0 amide bonds. The van der Waals surface area contributed by atoms with Crippen molar-refractivity contribution in [2.45, 2.75) is 43.9 Å². The first-order valence-electron chi connectivity index (χ1n) is 10.9. The third kappa shape index (κ3) is 6.05. The Bertz CT molecular complexity index is 1320. The van der Waals surface area contributed by atoms with Crippen LogP contribution in [0.2, 0.25) is 5.02 Å². The molecule has 1 aliphatic rings. The summed E-state index contributed by atoms with van der Waals surface area (Å²) in [4.78, 5) is 22.1. The highest BCUT2D eigenvalue weighted by Gasteiger charge is 2.37. The molecule has 2 heterocycles. The zero-order chi connectivity index (χ0) is 25.2. The van der Waals surface area contributed by atoms with E-state index in [1.54, 1.807) is 0 Å². The molecule has 4 atom stereocenters. The lowest BCUT2D eigenvalue weighted by Gasteiger charge is -2.15. The summed E-state index contributed by atoms with van der Waals surface area (Å²) in [6.45, 7) is 2.05. The molecule has 0 radical (unpaired) electrons. The number of aliphatic hydroxyl groups excluding tert-OH is 1. The molecule has 2 aromatic heterocycles. The van der Waals surface area contributed by atoms with E-state index in [9.17, 15) is 18.3 Å². The molecule has 3 aromatic rings. The summed E-state index contributed by atoms with van der Waals surface area (Å²) in [5.41, 5.74) is 2.34. The topological polar surface area (TPSA) is 131 Å². The van der Waals surface area contributed by atoms with Gasteiger partial charge in [0.25, 0.3) is 0 Å². The number of aliphatic hydroxyl groups is 1. The van der Waals surface area contributed by atoms with Crippen molar-refractivity contribution in [1.29, 1.82) is 0 Å². The summed E-state index contributed by atoms with van der Waals surface area (Å²) < 4.78 is 30.5. The maximum Gasteiger partial charge on any atom is 0.335 e. The zero-order valence-electron chi connectivity index (χ0n) is 19.0. The Morgan fingerprint density at radius 3 is 2.83 bits per heavy atom. The molecule has 1 saturated carbocycles. The Morgan fingerprint density at radius 2 is 2.09 bits per heavy atom. The van der Waals surface area contributed by atoms with Crippen LogP contribution < -0.4 is 10.0 Å². The molecule has 186 valence electrons. The van der Waals surface area contributed by atoms with Crippen molar-refractivity contribution in [2.24, 2.45) is 0 Å². The monoisotopic (exact) mass is 536 g/mol. The molecule has 0 unspecified atom stereocenters. The molecule has 0 spiro atoms. The molecule has 9 nitrogen and oxygen atoms in total. The van der Waals surface area contributed by atoms with Gasteiger partial charge < -0.3 is 10.4 Å². The van der Waals surface area contributed by atoms with E-state index in [-0.39, 0.29) is 36.1 Å². The van der Waals surface area contributed by atoms with Crippen LogP contribution in [0.1, 0.15) is 52.0 Å². The van der Waals surface area contributed by atoms with Crippen LogP contribution in [0.3, 0.4) is 0 Å². The number of hydrogen-bond acceptors (Lipinski definition) is 9. The van der Waals surface area contributed by atoms with Crippen LogP contribution in [0.25, 0.3) is 0 Å². The highest BCUT2D eigenvalue weighted by molar-refractivity contribution is 7.84. The van der Waals surface area contributed by atoms with E-state index >= 15 is 0 Å². The predicted molar refractivity (Wildman–Crippen MR) is 134 cm³/mol. The van der Waals surface area contributed by atoms with Crippen molar-refractivity contribution >= 4 is 44.8 Å². The second-order valence-electron chi connectivity index (χ2n) is 8.31. The van der Waals surface area contributed by atoms with E-state index in [4.69, 9.17) is 15.8 Å². The smallest absolute Gasteiger partial charge is 0.335 e. The summed E-state index contributed by atoms with van der Waals surface area (Å²) >= 11 is 7.47. The van der Waals surface area contributed by atoms with Crippen LogP contribution in [0, 0.1) is 0 Å². The number of ketones is 1. The van der Waals surface area contributed by atoms with Crippen LogP contribution in [0.5, 0.6) is 0 Å². The van der Waals surface area contributed by atoms with E-state index in [2.05, 4.69) is 26.9 Å². The average Bonchev–Trinajstić information content (AvgIpc) is 3.45. The molecule has 12 heteroatoms. The van der Waals surface area contributed by atoms with Crippen LogP contribution >= 0.6 is 22.9 Å². The van der Waals surface area contributed by atoms with Gasteiger partial charge in [-0.2, -0.15) is 13.1 Å². The summed E-state index contributed by atoms with van der Waals surface area (Å²) in [6, 6.07) is 9.15. The number of carbonyl (C=O) groups excluding carboxylic acids is 1. The summed E-state index contributed by atoms with van der Waals surface area (Å²) in [7, 11) is -2.71. The fraction of sp³-hybridized carbons (Fsp3) is 0.348. The molecule has 35 heavy (non-hydrogen) atoms. The number of nitrogens with one attached hydrogen (secondary N) is 2. The summed E-state index contributed by atoms with van der Waals surface area (Å²) in [6.07, 6.45) is 1.35. The highest BCUT2D eigenvalue weighted by Crippen LogP contribution is 2.32. The molecule has 0 saturated heterocycles. The van der Waals surface area contributed by atoms with Crippen molar-refractivity contribution < 1.29 is 22.5 Å². The number of carbonyl (C=O) groups is 1. The Labute approximate surface area is 212 Å². The average molecular weight is 537 g/mol. The third-order valence-corrected chi connectivity index (χ3v) is 8.15. The maximum absolute atomic E-state index is 13.3. The minimum atomic E-state index is -3.94. The largest absolute Gasteiger partial charge is 0.390 e. The quantitative estimate of drug-likeness (QED) is 0.355. The Balaban J connectivity index is 1.49. The maximum atomic E-state index is 13.3. The highest BCUT2D eigenvalue weighted by atomic mass is 35.5. The minimum absolute atomic E-state index is 0.0573. The van der Waals surface area contributed by atoms with Crippen molar-refractivity contribution in [3.05, 3.63) is 74.8 Å². The summed E-state index contributed by atoms with van der Waals surface area (Å²) in [5.74, 6) is 0.144. The first-order valence-corrected chi connectivity index (χ1v) is 13.6. The van der Waals surface area contributed by atoms with E-state index in [1.165, 1.54) is 30.9 Å². The summed E-state index contributed by atoms with van der Waals surface area (Å²) in [5, 5.41) is 16.0. The van der Waals surface area contributed by atoms with Crippen molar-refractivity contribution in [1.82, 2.24) is 14.7 Å². The number of benzene rings is 1.